The maximum absolute atomic E-state index is 3.69. The average Bonchev–Trinajstić information content (AvgIpc) is 3.21. The maximum atomic E-state index is 3.69. The van der Waals surface area contributed by atoms with Crippen molar-refractivity contribution in [2.45, 2.75) is 25.6 Å². The van der Waals surface area contributed by atoms with Crippen molar-refractivity contribution in [2.24, 2.45) is 0 Å². The summed E-state index contributed by atoms with van der Waals surface area (Å²) < 4.78 is 0. The molecule has 0 bridgehead atoms. The summed E-state index contributed by atoms with van der Waals surface area (Å²) in [6, 6.07) is 42.6. The van der Waals surface area contributed by atoms with E-state index in [1.165, 1.54) is 11.4 Å². The fourth-order valence-electron chi connectivity index (χ4n) is 4.46. The monoisotopic (exact) mass is 420 g/mol. The molecule has 1 aliphatic heterocycles. The summed E-state index contributed by atoms with van der Waals surface area (Å²) in [5.74, 6) is 0. The van der Waals surface area contributed by atoms with Crippen molar-refractivity contribution >= 4 is 22.7 Å². The fraction of sp³-hybridized carbons (Fsp3) is 0.143. The second-order valence-electron chi connectivity index (χ2n) is 8.11. The minimum Gasteiger partial charge on any atom is -0.296 e. The predicted octanol–water partition coefficient (Wildman–Crippen LogP) is 6.57. The molecule has 4 heteroatoms. The number of rotatable bonds is 6. The van der Waals surface area contributed by atoms with Crippen LogP contribution in [0.5, 0.6) is 0 Å². The number of hydrogen-bond donors (Lipinski definition) is 1. The van der Waals surface area contributed by atoms with E-state index in [1.54, 1.807) is 0 Å². The predicted molar refractivity (Wildman–Crippen MR) is 135 cm³/mol. The Morgan fingerprint density at radius 3 is 1.66 bits per heavy atom. The normalized spacial score (nSPS) is 17.9. The Kier molecular flexibility index (Phi) is 5.67. The van der Waals surface area contributed by atoms with Gasteiger partial charge in [0.2, 0.25) is 0 Å². The van der Waals surface area contributed by atoms with E-state index in [0.717, 1.165) is 17.8 Å². The van der Waals surface area contributed by atoms with E-state index >= 15 is 0 Å². The highest BCUT2D eigenvalue weighted by Gasteiger charge is 2.41. The van der Waals surface area contributed by atoms with Gasteiger partial charge in [-0.15, -0.1) is 0 Å². The lowest BCUT2D eigenvalue weighted by atomic mass is 10.2. The molecule has 1 N–H and O–H groups in total. The quantitative estimate of drug-likeness (QED) is 0.356. The fourth-order valence-corrected chi connectivity index (χ4v) is 4.46. The summed E-state index contributed by atoms with van der Waals surface area (Å²) in [4.78, 5) is 0. The van der Waals surface area contributed by atoms with Gasteiger partial charge in [0.15, 0.2) is 0 Å². The van der Waals surface area contributed by atoms with E-state index in [4.69, 9.17) is 0 Å². The molecule has 0 amide bonds. The van der Waals surface area contributed by atoms with Gasteiger partial charge in [-0.1, -0.05) is 72.8 Å². The molecule has 4 aromatic carbocycles. The molecule has 1 saturated heterocycles. The first-order valence-electron chi connectivity index (χ1n) is 11.2. The first-order valence-corrected chi connectivity index (χ1v) is 11.2. The molecule has 1 aliphatic rings. The van der Waals surface area contributed by atoms with Gasteiger partial charge in [0.05, 0.1) is 28.8 Å². The topological polar surface area (TPSA) is 21.8 Å². The van der Waals surface area contributed by atoms with Crippen molar-refractivity contribution in [3.05, 3.63) is 121 Å². The largest absolute Gasteiger partial charge is 0.296 e. The summed E-state index contributed by atoms with van der Waals surface area (Å²) in [5.41, 5.74) is 8.25. The van der Waals surface area contributed by atoms with Crippen LogP contribution in [-0.4, -0.2) is 12.2 Å². The van der Waals surface area contributed by atoms with E-state index in [9.17, 15) is 0 Å². The van der Waals surface area contributed by atoms with Gasteiger partial charge in [0.25, 0.3) is 0 Å². The zero-order valence-corrected chi connectivity index (χ0v) is 18.3. The molecular formula is C28H28N4. The van der Waals surface area contributed by atoms with Crippen LogP contribution >= 0.6 is 0 Å². The van der Waals surface area contributed by atoms with Crippen LogP contribution in [0.2, 0.25) is 0 Å². The van der Waals surface area contributed by atoms with Crippen LogP contribution in [-0.2, 0) is 0 Å². The highest BCUT2D eigenvalue weighted by Crippen LogP contribution is 2.37. The molecule has 0 radical (unpaired) electrons. The number of benzene rings is 4. The van der Waals surface area contributed by atoms with Gasteiger partial charge < -0.3 is 0 Å². The molecule has 160 valence electrons. The highest BCUT2D eigenvalue weighted by atomic mass is 15.8. The lowest BCUT2D eigenvalue weighted by Gasteiger charge is -2.42. The third-order valence-electron chi connectivity index (χ3n) is 5.88. The van der Waals surface area contributed by atoms with Gasteiger partial charge >= 0.3 is 0 Å². The lowest BCUT2D eigenvalue weighted by Crippen LogP contribution is -2.53. The Morgan fingerprint density at radius 1 is 0.625 bits per heavy atom. The maximum Gasteiger partial charge on any atom is 0.142 e. The molecule has 0 spiro atoms. The van der Waals surface area contributed by atoms with Gasteiger partial charge in [-0.3, -0.25) is 20.5 Å². The zero-order valence-electron chi connectivity index (χ0n) is 18.3. The van der Waals surface area contributed by atoms with Crippen molar-refractivity contribution in [2.75, 3.05) is 20.5 Å². The van der Waals surface area contributed by atoms with E-state index in [-0.39, 0.29) is 6.17 Å². The molecule has 5 rings (SSSR count). The molecule has 0 aliphatic carbocycles. The molecule has 1 heterocycles. The Hall–Kier alpha value is -3.92. The standard InChI is InChI=1S/C28H28N4/c1-23-22-28(30(25-16-8-3-9-17-25)29-24-14-6-2-7-15-24)32(27-20-12-5-13-21-27)31(23)26-18-10-4-11-19-26/h2-21,23,28-29H,22H2,1H3/t23-,28+/m0/s1. The lowest BCUT2D eigenvalue weighted by molar-refractivity contribution is 0.633. The number of hydrogen-bond acceptors (Lipinski definition) is 4. The molecule has 4 aromatic rings. The van der Waals surface area contributed by atoms with Crippen molar-refractivity contribution in [3.8, 4) is 0 Å². The van der Waals surface area contributed by atoms with Crippen LogP contribution in [0.1, 0.15) is 13.3 Å². The zero-order chi connectivity index (χ0) is 21.8. The SMILES string of the molecule is C[C@H]1C[C@H](N(Nc2ccccc2)c2ccccc2)N(c2ccccc2)N1c1ccccc1. The van der Waals surface area contributed by atoms with Crippen LogP contribution < -0.4 is 20.5 Å². The molecule has 2 atom stereocenters. The van der Waals surface area contributed by atoms with Crippen LogP contribution in [0, 0.1) is 0 Å². The van der Waals surface area contributed by atoms with Gasteiger partial charge in [0, 0.05) is 6.42 Å². The highest BCUT2D eigenvalue weighted by molar-refractivity contribution is 5.65. The van der Waals surface area contributed by atoms with Gasteiger partial charge in [-0.25, -0.2) is 0 Å². The Bertz CT molecular complexity index is 1100. The van der Waals surface area contributed by atoms with Crippen LogP contribution in [0.4, 0.5) is 22.7 Å². The number of nitrogens with one attached hydrogen (secondary N) is 1. The third kappa shape index (κ3) is 4.00. The van der Waals surface area contributed by atoms with Gasteiger partial charge in [-0.05, 0) is 55.5 Å². The van der Waals surface area contributed by atoms with E-state index in [1.807, 2.05) is 6.07 Å². The van der Waals surface area contributed by atoms with Crippen molar-refractivity contribution in [3.63, 3.8) is 0 Å². The second kappa shape index (κ2) is 9.06. The summed E-state index contributed by atoms with van der Waals surface area (Å²) in [7, 11) is 0. The van der Waals surface area contributed by atoms with Gasteiger partial charge in [0.1, 0.15) is 6.17 Å². The van der Waals surface area contributed by atoms with Crippen molar-refractivity contribution in [1.29, 1.82) is 0 Å². The van der Waals surface area contributed by atoms with Gasteiger partial charge in [-0.2, -0.15) is 0 Å². The Morgan fingerprint density at radius 2 is 1.09 bits per heavy atom. The van der Waals surface area contributed by atoms with E-state index < -0.39 is 0 Å². The van der Waals surface area contributed by atoms with Crippen LogP contribution in [0.25, 0.3) is 0 Å². The first kappa shape index (κ1) is 20.0. The molecule has 0 aromatic heterocycles. The Balaban J connectivity index is 1.60. The molecular weight excluding hydrogens is 392 g/mol. The average molecular weight is 421 g/mol. The molecule has 0 unspecified atom stereocenters. The number of hydrazine groups is 2. The smallest absolute Gasteiger partial charge is 0.142 e. The van der Waals surface area contributed by atoms with E-state index in [0.29, 0.717) is 6.04 Å². The van der Waals surface area contributed by atoms with Crippen LogP contribution in [0.15, 0.2) is 121 Å². The van der Waals surface area contributed by atoms with E-state index in [2.05, 4.69) is 143 Å². The Labute approximate surface area is 190 Å². The van der Waals surface area contributed by atoms with Crippen molar-refractivity contribution < 1.29 is 0 Å². The summed E-state index contributed by atoms with van der Waals surface area (Å²) in [6.45, 7) is 2.30. The summed E-state index contributed by atoms with van der Waals surface area (Å²) >= 11 is 0. The summed E-state index contributed by atoms with van der Waals surface area (Å²) in [6.07, 6.45) is 1.05. The minimum atomic E-state index is 0.0789. The molecule has 32 heavy (non-hydrogen) atoms. The minimum absolute atomic E-state index is 0.0789. The number of anilines is 4. The molecule has 4 nitrogen and oxygen atoms in total. The third-order valence-corrected chi connectivity index (χ3v) is 5.88. The molecule has 1 fully saturated rings. The van der Waals surface area contributed by atoms with Crippen LogP contribution in [0.3, 0.4) is 0 Å². The second-order valence-corrected chi connectivity index (χ2v) is 8.11. The first-order chi connectivity index (χ1) is 15.8. The van der Waals surface area contributed by atoms with Crippen molar-refractivity contribution in [1.82, 2.24) is 0 Å². The molecule has 0 saturated carbocycles. The number of nitrogens with zero attached hydrogens (tertiary/aromatic N) is 3. The number of para-hydroxylation sites is 4. The summed E-state index contributed by atoms with van der Waals surface area (Å²) in [5, 5.41) is 7.13.